The summed E-state index contributed by atoms with van der Waals surface area (Å²) in [6.07, 6.45) is -10.7. The fourth-order valence-electron chi connectivity index (χ4n) is 1.50. The molecular formula is C9H3F6N3. The first-order valence-corrected chi connectivity index (χ1v) is 4.23. The van der Waals surface area contributed by atoms with Gasteiger partial charge in [0.25, 0.3) is 0 Å². The first kappa shape index (κ1) is 13.9. The summed E-state index contributed by atoms with van der Waals surface area (Å²) >= 11 is 0. The van der Waals surface area contributed by atoms with Crippen LogP contribution in [-0.2, 0) is 19.4 Å². The number of aromatic nitrogens is 1. The third-order valence-corrected chi connectivity index (χ3v) is 2.17. The van der Waals surface area contributed by atoms with Gasteiger partial charge < -0.3 is 4.57 Å². The molecule has 0 atom stereocenters. The number of alkyl halides is 6. The highest BCUT2D eigenvalue weighted by Gasteiger charge is 2.49. The maximum atomic E-state index is 12.6. The highest BCUT2D eigenvalue weighted by molar-refractivity contribution is 5.52. The van der Waals surface area contributed by atoms with Crippen LogP contribution in [0.2, 0.25) is 0 Å². The van der Waals surface area contributed by atoms with E-state index in [1.54, 1.807) is 0 Å². The number of hydrogen-bond donors (Lipinski definition) is 0. The zero-order valence-corrected chi connectivity index (χ0v) is 8.61. The molecule has 3 nitrogen and oxygen atoms in total. The van der Waals surface area contributed by atoms with Crippen molar-refractivity contribution in [3.05, 3.63) is 22.5 Å². The van der Waals surface area contributed by atoms with Crippen LogP contribution in [0.4, 0.5) is 26.3 Å². The van der Waals surface area contributed by atoms with Crippen molar-refractivity contribution < 1.29 is 26.3 Å². The van der Waals surface area contributed by atoms with Crippen molar-refractivity contribution in [2.24, 2.45) is 7.05 Å². The molecule has 0 aliphatic rings. The lowest BCUT2D eigenvalue weighted by atomic mass is 10.1. The normalized spacial score (nSPS) is 12.1. The second-order valence-electron chi connectivity index (χ2n) is 3.23. The van der Waals surface area contributed by atoms with E-state index in [0.717, 1.165) is 19.2 Å². The molecule has 0 bridgehead atoms. The predicted octanol–water partition coefficient (Wildman–Crippen LogP) is 2.81. The molecule has 0 fully saturated rings. The van der Waals surface area contributed by atoms with Gasteiger partial charge in [0.2, 0.25) is 0 Å². The van der Waals surface area contributed by atoms with Gasteiger partial charge in [-0.2, -0.15) is 36.9 Å². The van der Waals surface area contributed by atoms with Crippen molar-refractivity contribution in [2.45, 2.75) is 12.4 Å². The highest BCUT2D eigenvalue weighted by atomic mass is 19.4. The number of halogens is 6. The monoisotopic (exact) mass is 267 g/mol. The molecule has 0 aliphatic carbocycles. The topological polar surface area (TPSA) is 52.5 Å². The van der Waals surface area contributed by atoms with E-state index in [-0.39, 0.29) is 4.57 Å². The molecule has 0 saturated carbocycles. The van der Waals surface area contributed by atoms with Gasteiger partial charge in [-0.3, -0.25) is 0 Å². The Morgan fingerprint density at radius 2 is 1.11 bits per heavy atom. The quantitative estimate of drug-likeness (QED) is 0.678. The van der Waals surface area contributed by atoms with Crippen LogP contribution >= 0.6 is 0 Å². The van der Waals surface area contributed by atoms with Gasteiger partial charge in [-0.15, -0.1) is 0 Å². The third-order valence-electron chi connectivity index (χ3n) is 2.17. The molecule has 18 heavy (non-hydrogen) atoms. The zero-order valence-electron chi connectivity index (χ0n) is 8.61. The molecular weight excluding hydrogens is 264 g/mol. The van der Waals surface area contributed by atoms with Crippen LogP contribution in [0.5, 0.6) is 0 Å². The Morgan fingerprint density at radius 3 is 1.28 bits per heavy atom. The molecule has 0 unspecified atom stereocenters. The Balaban J connectivity index is 3.91. The minimum Gasteiger partial charge on any atom is -0.326 e. The maximum Gasteiger partial charge on any atom is 0.419 e. The first-order chi connectivity index (χ1) is 8.05. The number of nitriles is 2. The number of rotatable bonds is 0. The third kappa shape index (κ3) is 1.99. The summed E-state index contributed by atoms with van der Waals surface area (Å²) in [6, 6.07) is 2.06. The van der Waals surface area contributed by atoms with E-state index in [0.29, 0.717) is 0 Å². The molecule has 0 aromatic carbocycles. The molecule has 1 aromatic heterocycles. The van der Waals surface area contributed by atoms with E-state index in [1.807, 2.05) is 0 Å². The molecule has 1 rings (SSSR count). The lowest BCUT2D eigenvalue weighted by molar-refractivity contribution is -0.161. The SMILES string of the molecule is Cn1c(C#N)c(C(F)(F)F)c(C(F)(F)F)c1C#N. The largest absolute Gasteiger partial charge is 0.419 e. The van der Waals surface area contributed by atoms with Gasteiger partial charge in [-0.05, 0) is 0 Å². The Hall–Kier alpha value is -2.16. The summed E-state index contributed by atoms with van der Waals surface area (Å²) in [6.45, 7) is 0. The minimum atomic E-state index is -5.37. The number of hydrogen-bond acceptors (Lipinski definition) is 2. The molecule has 0 aliphatic heterocycles. The highest BCUT2D eigenvalue weighted by Crippen LogP contribution is 2.44. The molecule has 0 saturated heterocycles. The fourth-order valence-corrected chi connectivity index (χ4v) is 1.50. The summed E-state index contributed by atoms with van der Waals surface area (Å²) in [5.41, 5.74) is -6.74. The van der Waals surface area contributed by atoms with Crippen LogP contribution in [0.15, 0.2) is 0 Å². The second kappa shape index (κ2) is 3.95. The lowest BCUT2D eigenvalue weighted by Crippen LogP contribution is -2.16. The second-order valence-corrected chi connectivity index (χ2v) is 3.23. The van der Waals surface area contributed by atoms with E-state index in [1.165, 1.54) is 0 Å². The average molecular weight is 267 g/mol. The van der Waals surface area contributed by atoms with Crippen LogP contribution < -0.4 is 0 Å². The van der Waals surface area contributed by atoms with Crippen LogP contribution in [0, 0.1) is 22.7 Å². The van der Waals surface area contributed by atoms with Gasteiger partial charge in [-0.25, -0.2) is 0 Å². The van der Waals surface area contributed by atoms with Crippen LogP contribution in [-0.4, -0.2) is 4.57 Å². The van der Waals surface area contributed by atoms with Gasteiger partial charge in [0.15, 0.2) is 0 Å². The molecule has 0 amide bonds. The molecule has 0 N–H and O–H groups in total. The van der Waals surface area contributed by atoms with Crippen LogP contribution in [0.25, 0.3) is 0 Å². The summed E-state index contributed by atoms with van der Waals surface area (Å²) in [5, 5.41) is 17.0. The Kier molecular flexibility index (Phi) is 3.05. The average Bonchev–Trinajstić information content (AvgIpc) is 2.49. The molecule has 9 heteroatoms. The Labute approximate surface area is 96.5 Å². The predicted molar refractivity (Wildman–Crippen MR) is 44.8 cm³/mol. The van der Waals surface area contributed by atoms with Gasteiger partial charge in [0.1, 0.15) is 34.7 Å². The van der Waals surface area contributed by atoms with Crippen molar-refractivity contribution in [1.82, 2.24) is 4.57 Å². The number of nitrogens with zero attached hydrogens (tertiary/aromatic N) is 3. The Bertz CT molecular complexity index is 514. The molecule has 96 valence electrons. The fraction of sp³-hybridized carbons (Fsp3) is 0.333. The van der Waals surface area contributed by atoms with Gasteiger partial charge in [-0.1, -0.05) is 0 Å². The summed E-state index contributed by atoms with van der Waals surface area (Å²) in [4.78, 5) is 0. The van der Waals surface area contributed by atoms with Crippen molar-refractivity contribution >= 4 is 0 Å². The molecule has 0 spiro atoms. The van der Waals surface area contributed by atoms with E-state index in [2.05, 4.69) is 0 Å². The maximum absolute atomic E-state index is 12.6. The first-order valence-electron chi connectivity index (χ1n) is 4.23. The molecule has 0 radical (unpaired) electrons. The standard InChI is InChI=1S/C9H3F6N3/c1-18-4(2-16)6(8(10,11)12)7(5(18)3-17)9(13,14)15/h1H3. The summed E-state index contributed by atoms with van der Waals surface area (Å²) in [5.74, 6) is 0. The minimum absolute atomic E-state index is 0.283. The van der Waals surface area contributed by atoms with Gasteiger partial charge in [0, 0.05) is 7.05 Å². The van der Waals surface area contributed by atoms with Crippen molar-refractivity contribution in [2.75, 3.05) is 0 Å². The van der Waals surface area contributed by atoms with E-state index in [4.69, 9.17) is 10.5 Å². The summed E-state index contributed by atoms with van der Waals surface area (Å²) in [7, 11) is 0.793. The van der Waals surface area contributed by atoms with E-state index < -0.39 is 34.9 Å². The summed E-state index contributed by atoms with van der Waals surface area (Å²) < 4.78 is 75.8. The van der Waals surface area contributed by atoms with Gasteiger partial charge >= 0.3 is 12.4 Å². The lowest BCUT2D eigenvalue weighted by Gasteiger charge is -2.11. The molecule has 1 aromatic rings. The molecule has 1 heterocycles. The van der Waals surface area contributed by atoms with Crippen LogP contribution in [0.1, 0.15) is 22.5 Å². The smallest absolute Gasteiger partial charge is 0.326 e. The van der Waals surface area contributed by atoms with E-state index >= 15 is 0 Å². The zero-order chi connectivity index (χ0) is 14.3. The van der Waals surface area contributed by atoms with E-state index in [9.17, 15) is 26.3 Å². The van der Waals surface area contributed by atoms with Crippen LogP contribution in [0.3, 0.4) is 0 Å². The van der Waals surface area contributed by atoms with Crippen molar-refractivity contribution in [3.63, 3.8) is 0 Å². The Morgan fingerprint density at radius 1 is 0.833 bits per heavy atom. The van der Waals surface area contributed by atoms with Crippen molar-refractivity contribution in [3.8, 4) is 12.1 Å². The van der Waals surface area contributed by atoms with Crippen molar-refractivity contribution in [1.29, 1.82) is 10.5 Å². The van der Waals surface area contributed by atoms with Gasteiger partial charge in [0.05, 0.1) is 0 Å².